The third kappa shape index (κ3) is 4.76. The normalized spacial score (nSPS) is 10.6. The van der Waals surface area contributed by atoms with Crippen molar-refractivity contribution in [1.29, 1.82) is 0 Å². The van der Waals surface area contributed by atoms with Gasteiger partial charge in [-0.15, -0.1) is 11.3 Å². The molecule has 3 aromatic rings. The van der Waals surface area contributed by atoms with Gasteiger partial charge in [0, 0.05) is 11.1 Å². The highest BCUT2D eigenvalue weighted by Gasteiger charge is 2.27. The summed E-state index contributed by atoms with van der Waals surface area (Å²) in [5, 5.41) is 3.26. The van der Waals surface area contributed by atoms with Crippen LogP contribution in [0, 0.1) is 13.8 Å². The highest BCUT2D eigenvalue weighted by molar-refractivity contribution is 7.18. The van der Waals surface area contributed by atoms with Crippen molar-refractivity contribution in [2.24, 2.45) is 0 Å². The number of hydrogen-bond acceptors (Lipinski definition) is 9. The molecule has 178 valence electrons. The van der Waals surface area contributed by atoms with Gasteiger partial charge in [0.05, 0.1) is 30.9 Å². The molecule has 1 aromatic carbocycles. The van der Waals surface area contributed by atoms with Crippen molar-refractivity contribution in [2.45, 2.75) is 27.2 Å². The van der Waals surface area contributed by atoms with Gasteiger partial charge in [-0.3, -0.25) is 9.78 Å². The Hall–Kier alpha value is -3.79. The van der Waals surface area contributed by atoms with Gasteiger partial charge in [0.2, 0.25) is 0 Å². The van der Waals surface area contributed by atoms with Gasteiger partial charge < -0.3 is 19.5 Å². The highest BCUT2D eigenvalue weighted by Crippen LogP contribution is 2.34. The predicted molar refractivity (Wildman–Crippen MR) is 127 cm³/mol. The molecule has 10 heteroatoms. The third-order valence-corrected chi connectivity index (χ3v) is 6.46. The van der Waals surface area contributed by atoms with E-state index >= 15 is 0 Å². The van der Waals surface area contributed by atoms with Crippen LogP contribution in [0.1, 0.15) is 54.1 Å². The van der Waals surface area contributed by atoms with Crippen LogP contribution in [-0.2, 0) is 25.4 Å². The van der Waals surface area contributed by atoms with Crippen molar-refractivity contribution in [3.8, 4) is 0 Å². The summed E-state index contributed by atoms with van der Waals surface area (Å²) in [5.41, 5.74) is 2.83. The molecule has 1 amide bonds. The van der Waals surface area contributed by atoms with Gasteiger partial charge in [-0.05, 0) is 37.5 Å². The van der Waals surface area contributed by atoms with E-state index in [0.717, 1.165) is 17.0 Å². The zero-order valence-corrected chi connectivity index (χ0v) is 20.3. The van der Waals surface area contributed by atoms with Crippen LogP contribution in [0.15, 0.2) is 24.3 Å². The number of pyridine rings is 1. The predicted octanol–water partition coefficient (Wildman–Crippen LogP) is 3.84. The second-order valence-electron chi connectivity index (χ2n) is 7.30. The number of carbonyl (C=O) groups is 4. The average molecular weight is 485 g/mol. The summed E-state index contributed by atoms with van der Waals surface area (Å²) in [6.45, 7) is 4.69. The smallest absolute Gasteiger partial charge is 0.348 e. The molecule has 0 fully saturated rings. The Morgan fingerprint density at radius 3 is 2.26 bits per heavy atom. The maximum absolute atomic E-state index is 12.9. The van der Waals surface area contributed by atoms with Crippen LogP contribution in [0.3, 0.4) is 0 Å². The Morgan fingerprint density at radius 2 is 1.62 bits per heavy atom. The second kappa shape index (κ2) is 10.4. The van der Waals surface area contributed by atoms with E-state index in [2.05, 4.69) is 10.3 Å². The van der Waals surface area contributed by atoms with E-state index in [0.29, 0.717) is 34.0 Å². The lowest BCUT2D eigenvalue weighted by Gasteiger charge is -2.13. The molecule has 3 rings (SSSR count). The lowest BCUT2D eigenvalue weighted by Crippen LogP contribution is -2.22. The molecule has 0 unspecified atom stereocenters. The number of anilines is 1. The number of methoxy groups -OCH3 is 2. The molecule has 2 heterocycles. The average Bonchev–Trinajstić information content (AvgIpc) is 3.16. The van der Waals surface area contributed by atoms with Gasteiger partial charge >= 0.3 is 17.9 Å². The van der Waals surface area contributed by atoms with E-state index in [-0.39, 0.29) is 15.4 Å². The summed E-state index contributed by atoms with van der Waals surface area (Å²) < 4.78 is 14.8. The first-order valence-electron chi connectivity index (χ1n) is 10.4. The zero-order valence-electron chi connectivity index (χ0n) is 19.4. The van der Waals surface area contributed by atoms with E-state index in [1.807, 2.05) is 19.1 Å². The van der Waals surface area contributed by atoms with Gasteiger partial charge in [-0.2, -0.15) is 0 Å². The molecule has 9 nitrogen and oxygen atoms in total. The zero-order chi connectivity index (χ0) is 25.0. The Balaban J connectivity index is 1.83. The molecule has 0 bridgehead atoms. The molecule has 0 saturated carbocycles. The Bertz CT molecular complexity index is 1300. The quantitative estimate of drug-likeness (QED) is 0.397. The first-order chi connectivity index (χ1) is 16.2. The molecular formula is C24H24N2O7S. The fraction of sp³-hybridized carbons (Fsp3) is 0.292. The first kappa shape index (κ1) is 24.8. The number of aryl methyl sites for hydroxylation is 1. The molecule has 0 aliphatic heterocycles. The fourth-order valence-corrected chi connectivity index (χ4v) is 4.70. The van der Waals surface area contributed by atoms with E-state index in [1.54, 1.807) is 26.0 Å². The second-order valence-corrected chi connectivity index (χ2v) is 8.32. The molecule has 0 atom stereocenters. The van der Waals surface area contributed by atoms with Gasteiger partial charge in [0.1, 0.15) is 9.88 Å². The summed E-state index contributed by atoms with van der Waals surface area (Å²) in [6, 6.07) is 7.21. The number of rotatable bonds is 7. The van der Waals surface area contributed by atoms with Crippen molar-refractivity contribution in [1.82, 2.24) is 4.98 Å². The molecule has 0 aliphatic carbocycles. The first-order valence-corrected chi connectivity index (χ1v) is 11.2. The minimum Gasteiger partial charge on any atom is -0.465 e. The topological polar surface area (TPSA) is 121 Å². The van der Waals surface area contributed by atoms with E-state index in [9.17, 15) is 19.2 Å². The molecule has 1 N–H and O–H groups in total. The van der Waals surface area contributed by atoms with Gasteiger partial charge in [0.25, 0.3) is 5.91 Å². The van der Waals surface area contributed by atoms with E-state index < -0.39 is 30.4 Å². The van der Waals surface area contributed by atoms with Crippen molar-refractivity contribution < 1.29 is 33.4 Å². The van der Waals surface area contributed by atoms with E-state index in [4.69, 9.17) is 14.2 Å². The van der Waals surface area contributed by atoms with Crippen molar-refractivity contribution in [3.05, 3.63) is 57.1 Å². The number of amides is 1. The SMILES string of the molecule is CCc1nc2ccccc2c(C(=O)OCC(=O)Nc2sc(C(=O)OC)c(C)c2C(=O)OC)c1C. The summed E-state index contributed by atoms with van der Waals surface area (Å²) in [5.74, 6) is -2.71. The molecule has 2 aromatic heterocycles. The highest BCUT2D eigenvalue weighted by atomic mass is 32.1. The number of ether oxygens (including phenoxy) is 3. The molecule has 0 radical (unpaired) electrons. The summed E-state index contributed by atoms with van der Waals surface area (Å²) in [6.07, 6.45) is 0.633. The number of nitrogens with zero attached hydrogens (tertiary/aromatic N) is 1. The minimum atomic E-state index is -0.720. The number of fused-ring (bicyclic) bond motifs is 1. The van der Waals surface area contributed by atoms with Gasteiger partial charge in [0.15, 0.2) is 6.61 Å². The maximum atomic E-state index is 12.9. The lowest BCUT2D eigenvalue weighted by atomic mass is 10.0. The van der Waals surface area contributed by atoms with Gasteiger partial charge in [-0.25, -0.2) is 14.4 Å². The number of esters is 3. The number of nitrogens with one attached hydrogen (secondary N) is 1. The van der Waals surface area contributed by atoms with Crippen LogP contribution in [-0.4, -0.2) is 49.6 Å². The molecule has 0 aliphatic rings. The maximum Gasteiger partial charge on any atom is 0.348 e. The van der Waals surface area contributed by atoms with Crippen molar-refractivity contribution in [3.63, 3.8) is 0 Å². The van der Waals surface area contributed by atoms with E-state index in [1.165, 1.54) is 14.2 Å². The van der Waals surface area contributed by atoms with Crippen LogP contribution < -0.4 is 5.32 Å². The third-order valence-electron chi connectivity index (χ3n) is 5.27. The standard InChI is InChI=1S/C24H24N2O7S/c1-6-15-12(2)18(14-9-7-8-10-16(14)25-15)23(29)33-11-17(27)26-21-19(22(28)31-4)13(3)20(34-21)24(30)32-5/h7-10H,6,11H2,1-5H3,(H,26,27). The van der Waals surface area contributed by atoms with Crippen molar-refractivity contribution >= 4 is 51.1 Å². The van der Waals surface area contributed by atoms with Gasteiger partial charge in [-0.1, -0.05) is 25.1 Å². The van der Waals surface area contributed by atoms with Crippen molar-refractivity contribution in [2.75, 3.05) is 26.1 Å². The number of aromatic nitrogens is 1. The Kier molecular flexibility index (Phi) is 7.62. The Labute approximate surface area is 200 Å². The fourth-order valence-electron chi connectivity index (χ4n) is 3.57. The molecule has 34 heavy (non-hydrogen) atoms. The van der Waals surface area contributed by atoms with Crippen LogP contribution >= 0.6 is 11.3 Å². The molecular weight excluding hydrogens is 460 g/mol. The molecule has 0 saturated heterocycles. The number of carbonyl (C=O) groups excluding carboxylic acids is 4. The largest absolute Gasteiger partial charge is 0.465 e. The summed E-state index contributed by atoms with van der Waals surface area (Å²) in [7, 11) is 2.41. The number of benzene rings is 1. The monoisotopic (exact) mass is 484 g/mol. The van der Waals surface area contributed by atoms with Crippen LogP contribution in [0.5, 0.6) is 0 Å². The van der Waals surface area contributed by atoms with Crippen LogP contribution in [0.4, 0.5) is 5.00 Å². The summed E-state index contributed by atoms with van der Waals surface area (Å²) in [4.78, 5) is 54.5. The lowest BCUT2D eigenvalue weighted by molar-refractivity contribution is -0.119. The summed E-state index contributed by atoms with van der Waals surface area (Å²) >= 11 is 0.875. The minimum absolute atomic E-state index is 0.0381. The van der Waals surface area contributed by atoms with Crippen LogP contribution in [0.25, 0.3) is 10.9 Å². The number of hydrogen-bond donors (Lipinski definition) is 1. The number of para-hydroxylation sites is 1. The molecule has 0 spiro atoms. The van der Waals surface area contributed by atoms with Crippen LogP contribution in [0.2, 0.25) is 0 Å². The number of thiophene rings is 1. The Morgan fingerprint density at radius 1 is 0.941 bits per heavy atom.